The standard InChI is InChI=1S/C17H21N7O2/c1-12-3-4-15(22-21-12)23-5-7-24(8-6-23)16(26)9-14-10-18-17(19-11-14)20-13(2)25/h3-4,10-11H,5-9H2,1-2H3,(H,18,19,20,25). The largest absolute Gasteiger partial charge is 0.352 e. The molecule has 1 saturated heterocycles. The van der Waals surface area contributed by atoms with Crippen LogP contribution in [-0.2, 0) is 16.0 Å². The fraction of sp³-hybridized carbons (Fsp3) is 0.412. The van der Waals surface area contributed by atoms with E-state index in [0.717, 1.165) is 30.2 Å². The second-order valence-electron chi connectivity index (χ2n) is 6.17. The molecular weight excluding hydrogens is 334 g/mol. The number of hydrogen-bond donors (Lipinski definition) is 1. The summed E-state index contributed by atoms with van der Waals surface area (Å²) in [5.41, 5.74) is 1.60. The number of aryl methyl sites for hydroxylation is 1. The molecule has 0 aromatic carbocycles. The van der Waals surface area contributed by atoms with Gasteiger partial charge in [-0.15, -0.1) is 5.10 Å². The maximum Gasteiger partial charge on any atom is 0.229 e. The number of rotatable bonds is 4. The Labute approximate surface area is 151 Å². The van der Waals surface area contributed by atoms with Crippen molar-refractivity contribution in [1.29, 1.82) is 0 Å². The molecule has 0 unspecified atom stereocenters. The first kappa shape index (κ1) is 17.7. The second-order valence-corrected chi connectivity index (χ2v) is 6.17. The van der Waals surface area contributed by atoms with Crippen LogP contribution in [0.1, 0.15) is 18.2 Å². The maximum absolute atomic E-state index is 12.5. The molecule has 0 saturated carbocycles. The van der Waals surface area contributed by atoms with Gasteiger partial charge in [0.15, 0.2) is 5.82 Å². The summed E-state index contributed by atoms with van der Waals surface area (Å²) in [6.45, 7) is 6.02. The van der Waals surface area contributed by atoms with E-state index in [4.69, 9.17) is 0 Å². The average molecular weight is 355 g/mol. The van der Waals surface area contributed by atoms with E-state index in [0.29, 0.717) is 13.1 Å². The van der Waals surface area contributed by atoms with Crippen molar-refractivity contribution in [2.24, 2.45) is 0 Å². The highest BCUT2D eigenvalue weighted by Crippen LogP contribution is 2.13. The molecular formula is C17H21N7O2. The van der Waals surface area contributed by atoms with E-state index >= 15 is 0 Å². The monoisotopic (exact) mass is 355 g/mol. The molecule has 9 heteroatoms. The lowest BCUT2D eigenvalue weighted by Gasteiger charge is -2.35. The van der Waals surface area contributed by atoms with Crippen molar-refractivity contribution in [3.05, 3.63) is 35.8 Å². The van der Waals surface area contributed by atoms with Gasteiger partial charge in [0.25, 0.3) is 0 Å². The smallest absolute Gasteiger partial charge is 0.229 e. The third-order valence-electron chi connectivity index (χ3n) is 4.09. The van der Waals surface area contributed by atoms with Gasteiger partial charge in [0.05, 0.1) is 12.1 Å². The van der Waals surface area contributed by atoms with Crippen molar-refractivity contribution in [3.63, 3.8) is 0 Å². The molecule has 1 aliphatic rings. The molecule has 1 fully saturated rings. The predicted molar refractivity (Wildman–Crippen MR) is 95.6 cm³/mol. The maximum atomic E-state index is 12.5. The molecule has 0 spiro atoms. The Morgan fingerprint density at radius 2 is 1.77 bits per heavy atom. The summed E-state index contributed by atoms with van der Waals surface area (Å²) in [6.07, 6.45) is 3.37. The zero-order chi connectivity index (χ0) is 18.5. The molecule has 0 bridgehead atoms. The number of amides is 2. The Bertz CT molecular complexity index is 769. The van der Waals surface area contributed by atoms with Gasteiger partial charge in [-0.3, -0.25) is 14.9 Å². The number of carbonyl (C=O) groups is 2. The van der Waals surface area contributed by atoms with Gasteiger partial charge in [0.2, 0.25) is 17.8 Å². The van der Waals surface area contributed by atoms with Crippen LogP contribution < -0.4 is 10.2 Å². The summed E-state index contributed by atoms with van der Waals surface area (Å²) >= 11 is 0. The molecule has 1 N–H and O–H groups in total. The minimum atomic E-state index is -0.232. The lowest BCUT2D eigenvalue weighted by molar-refractivity contribution is -0.130. The topological polar surface area (TPSA) is 104 Å². The summed E-state index contributed by atoms with van der Waals surface area (Å²) in [5, 5.41) is 10.8. The fourth-order valence-corrected chi connectivity index (χ4v) is 2.70. The normalized spacial score (nSPS) is 14.2. The van der Waals surface area contributed by atoms with E-state index in [2.05, 4.69) is 30.4 Å². The molecule has 26 heavy (non-hydrogen) atoms. The van der Waals surface area contributed by atoms with Crippen LogP contribution in [0.15, 0.2) is 24.5 Å². The lowest BCUT2D eigenvalue weighted by atomic mass is 10.2. The molecule has 2 aromatic rings. The predicted octanol–water partition coefficient (Wildman–Crippen LogP) is 0.425. The SMILES string of the molecule is CC(=O)Nc1ncc(CC(=O)N2CCN(c3ccc(C)nn3)CC2)cn1. The Hall–Kier alpha value is -3.10. The number of nitrogens with zero attached hydrogens (tertiary/aromatic N) is 6. The molecule has 3 rings (SSSR count). The van der Waals surface area contributed by atoms with Crippen LogP contribution in [-0.4, -0.2) is 63.1 Å². The molecule has 3 heterocycles. The third-order valence-corrected chi connectivity index (χ3v) is 4.09. The van der Waals surface area contributed by atoms with Gasteiger partial charge in [-0.2, -0.15) is 5.10 Å². The van der Waals surface area contributed by atoms with Crippen molar-refractivity contribution in [3.8, 4) is 0 Å². The Balaban J connectivity index is 1.52. The third kappa shape index (κ3) is 4.50. The molecule has 136 valence electrons. The summed E-state index contributed by atoms with van der Waals surface area (Å²) in [7, 11) is 0. The zero-order valence-electron chi connectivity index (χ0n) is 14.8. The minimum absolute atomic E-state index is 0.0375. The Morgan fingerprint density at radius 3 is 2.35 bits per heavy atom. The van der Waals surface area contributed by atoms with Crippen molar-refractivity contribution >= 4 is 23.6 Å². The zero-order valence-corrected chi connectivity index (χ0v) is 14.8. The van der Waals surface area contributed by atoms with Gasteiger partial charge in [-0.25, -0.2) is 9.97 Å². The summed E-state index contributed by atoms with van der Waals surface area (Å²) in [4.78, 5) is 35.5. The first-order valence-corrected chi connectivity index (χ1v) is 8.43. The fourth-order valence-electron chi connectivity index (χ4n) is 2.70. The van der Waals surface area contributed by atoms with Crippen LogP contribution in [0, 0.1) is 6.92 Å². The highest BCUT2D eigenvalue weighted by molar-refractivity contribution is 5.86. The van der Waals surface area contributed by atoms with Gasteiger partial charge in [-0.1, -0.05) is 0 Å². The number of nitrogens with one attached hydrogen (secondary N) is 1. The summed E-state index contributed by atoms with van der Waals surface area (Å²) in [6, 6.07) is 3.89. The number of piperazine rings is 1. The molecule has 0 atom stereocenters. The number of anilines is 2. The highest BCUT2D eigenvalue weighted by atomic mass is 16.2. The molecule has 0 aliphatic carbocycles. The first-order valence-electron chi connectivity index (χ1n) is 8.43. The number of carbonyl (C=O) groups excluding carboxylic acids is 2. The average Bonchev–Trinajstić information content (AvgIpc) is 2.64. The van der Waals surface area contributed by atoms with Crippen LogP contribution in [0.25, 0.3) is 0 Å². The van der Waals surface area contributed by atoms with Gasteiger partial charge >= 0.3 is 0 Å². The first-order chi connectivity index (χ1) is 12.5. The van der Waals surface area contributed by atoms with E-state index in [1.54, 1.807) is 12.4 Å². The minimum Gasteiger partial charge on any atom is -0.352 e. The van der Waals surface area contributed by atoms with E-state index < -0.39 is 0 Å². The van der Waals surface area contributed by atoms with Crippen LogP contribution in [0.5, 0.6) is 0 Å². The summed E-state index contributed by atoms with van der Waals surface area (Å²) < 4.78 is 0. The Kier molecular flexibility index (Phi) is 5.35. The van der Waals surface area contributed by atoms with Crippen LogP contribution in [0.4, 0.5) is 11.8 Å². The Morgan fingerprint density at radius 1 is 1.08 bits per heavy atom. The van der Waals surface area contributed by atoms with Gasteiger partial charge < -0.3 is 9.80 Å². The van der Waals surface area contributed by atoms with E-state index in [1.165, 1.54) is 6.92 Å². The van der Waals surface area contributed by atoms with Crippen LogP contribution in [0.3, 0.4) is 0 Å². The van der Waals surface area contributed by atoms with E-state index in [9.17, 15) is 9.59 Å². The van der Waals surface area contributed by atoms with Crippen molar-refractivity contribution in [2.45, 2.75) is 20.3 Å². The number of aromatic nitrogens is 4. The molecule has 2 amide bonds. The van der Waals surface area contributed by atoms with Crippen molar-refractivity contribution in [1.82, 2.24) is 25.1 Å². The van der Waals surface area contributed by atoms with Crippen LogP contribution in [0.2, 0.25) is 0 Å². The second kappa shape index (κ2) is 7.85. The van der Waals surface area contributed by atoms with Gasteiger partial charge in [0.1, 0.15) is 0 Å². The highest BCUT2D eigenvalue weighted by Gasteiger charge is 2.22. The van der Waals surface area contributed by atoms with Crippen LogP contribution >= 0.6 is 0 Å². The molecule has 1 aliphatic heterocycles. The van der Waals surface area contributed by atoms with Crippen molar-refractivity contribution < 1.29 is 9.59 Å². The lowest BCUT2D eigenvalue weighted by Crippen LogP contribution is -2.49. The van der Waals surface area contributed by atoms with E-state index in [1.807, 2.05) is 24.0 Å². The number of hydrogen-bond acceptors (Lipinski definition) is 7. The van der Waals surface area contributed by atoms with E-state index in [-0.39, 0.29) is 24.2 Å². The van der Waals surface area contributed by atoms with Gasteiger partial charge in [0, 0.05) is 45.5 Å². The van der Waals surface area contributed by atoms with Gasteiger partial charge in [-0.05, 0) is 24.6 Å². The molecule has 0 radical (unpaired) electrons. The van der Waals surface area contributed by atoms with Crippen molar-refractivity contribution in [2.75, 3.05) is 36.4 Å². The molecule has 2 aromatic heterocycles. The summed E-state index contributed by atoms with van der Waals surface area (Å²) in [5.74, 6) is 0.881. The molecule has 9 nitrogen and oxygen atoms in total. The quantitative estimate of drug-likeness (QED) is 0.848.